The normalized spacial score (nSPS) is 12.1. The van der Waals surface area contributed by atoms with Crippen LogP contribution in [-0.2, 0) is 6.42 Å². The molecule has 0 fully saturated rings. The first-order chi connectivity index (χ1) is 11.5. The summed E-state index contributed by atoms with van der Waals surface area (Å²) in [5, 5.41) is 5.63. The van der Waals surface area contributed by atoms with E-state index in [2.05, 4.69) is 77.3 Å². The first-order valence-corrected chi connectivity index (χ1v) is 9.16. The van der Waals surface area contributed by atoms with E-state index in [-0.39, 0.29) is 11.9 Å². The summed E-state index contributed by atoms with van der Waals surface area (Å²) in [6.07, 6.45) is 0.816. The van der Waals surface area contributed by atoms with Crippen molar-refractivity contribution in [2.75, 3.05) is 0 Å². The van der Waals surface area contributed by atoms with Gasteiger partial charge in [0.15, 0.2) is 0 Å². The zero-order valence-corrected chi connectivity index (χ0v) is 16.0. The fourth-order valence-corrected chi connectivity index (χ4v) is 3.48. The number of amides is 1. The Morgan fingerprint density at radius 3 is 2.67 bits per heavy atom. The van der Waals surface area contributed by atoms with E-state index < -0.39 is 0 Å². The molecule has 24 heavy (non-hydrogen) atoms. The molecule has 0 saturated heterocycles. The number of carbonyl (C=O) groups excluding carboxylic acids is 1. The number of benzene rings is 3. The van der Waals surface area contributed by atoms with E-state index in [1.165, 1.54) is 16.3 Å². The molecule has 3 aromatic rings. The molecule has 0 aliphatic rings. The summed E-state index contributed by atoms with van der Waals surface area (Å²) in [7, 11) is 0. The molecule has 0 spiro atoms. The van der Waals surface area contributed by atoms with Gasteiger partial charge in [-0.2, -0.15) is 0 Å². The molecular weight excluding hydrogens is 409 g/mol. The van der Waals surface area contributed by atoms with Crippen molar-refractivity contribution in [3.05, 3.63) is 80.9 Å². The van der Waals surface area contributed by atoms with Crippen LogP contribution in [0.3, 0.4) is 0 Å². The number of hydrogen-bond donors (Lipinski definition) is 1. The van der Waals surface area contributed by atoms with Crippen LogP contribution >= 0.6 is 22.6 Å². The molecule has 1 amide bonds. The van der Waals surface area contributed by atoms with Gasteiger partial charge in [0.1, 0.15) is 0 Å². The predicted molar refractivity (Wildman–Crippen MR) is 108 cm³/mol. The molecule has 1 N–H and O–H groups in total. The lowest BCUT2D eigenvalue weighted by Crippen LogP contribution is -2.34. The van der Waals surface area contributed by atoms with Gasteiger partial charge in [0, 0.05) is 15.2 Å². The Hall–Kier alpha value is -1.88. The maximum absolute atomic E-state index is 12.6. The molecule has 0 bridgehead atoms. The third-order valence-corrected chi connectivity index (χ3v) is 4.90. The van der Waals surface area contributed by atoms with Gasteiger partial charge in [-0.05, 0) is 76.9 Å². The minimum atomic E-state index is -0.00115. The van der Waals surface area contributed by atoms with Gasteiger partial charge in [0.2, 0.25) is 0 Å². The monoisotopic (exact) mass is 429 g/mol. The molecule has 1 unspecified atom stereocenters. The van der Waals surface area contributed by atoms with Crippen LogP contribution in [0.1, 0.15) is 28.4 Å². The highest BCUT2D eigenvalue weighted by molar-refractivity contribution is 14.1. The standard InChI is InChI=1S/C21H20INO/c1-14-10-11-18(22)13-20(14)21(24)23-15(2)12-17-8-5-7-16-6-3-4-9-19(16)17/h3-11,13,15H,12H2,1-2H3,(H,23,24). The topological polar surface area (TPSA) is 29.1 Å². The first-order valence-electron chi connectivity index (χ1n) is 8.08. The zero-order valence-electron chi connectivity index (χ0n) is 13.8. The fraction of sp³-hybridized carbons (Fsp3) is 0.190. The van der Waals surface area contributed by atoms with Crippen molar-refractivity contribution < 1.29 is 4.79 Å². The van der Waals surface area contributed by atoms with E-state index in [9.17, 15) is 4.79 Å². The molecule has 0 aliphatic heterocycles. The van der Waals surface area contributed by atoms with Crippen molar-refractivity contribution in [2.45, 2.75) is 26.3 Å². The van der Waals surface area contributed by atoms with Crippen molar-refractivity contribution in [3.63, 3.8) is 0 Å². The maximum atomic E-state index is 12.6. The van der Waals surface area contributed by atoms with Gasteiger partial charge >= 0.3 is 0 Å². The summed E-state index contributed by atoms with van der Waals surface area (Å²) in [4.78, 5) is 12.6. The molecule has 0 heterocycles. The summed E-state index contributed by atoms with van der Waals surface area (Å²) in [5.74, 6) is -0.00115. The van der Waals surface area contributed by atoms with E-state index in [1.54, 1.807) is 0 Å². The van der Waals surface area contributed by atoms with Crippen molar-refractivity contribution in [1.82, 2.24) is 5.32 Å². The Labute approximate surface area is 156 Å². The lowest BCUT2D eigenvalue weighted by molar-refractivity contribution is 0.0939. The van der Waals surface area contributed by atoms with E-state index in [1.807, 2.05) is 25.1 Å². The maximum Gasteiger partial charge on any atom is 0.251 e. The van der Waals surface area contributed by atoms with Gasteiger partial charge in [-0.1, -0.05) is 48.5 Å². The molecule has 3 heteroatoms. The van der Waals surface area contributed by atoms with Gasteiger partial charge < -0.3 is 5.32 Å². The molecule has 0 radical (unpaired) electrons. The lowest BCUT2D eigenvalue weighted by atomic mass is 9.99. The third-order valence-electron chi connectivity index (χ3n) is 4.23. The number of hydrogen-bond acceptors (Lipinski definition) is 1. The van der Waals surface area contributed by atoms with E-state index >= 15 is 0 Å². The van der Waals surface area contributed by atoms with Crippen molar-refractivity contribution in [3.8, 4) is 0 Å². The quantitative estimate of drug-likeness (QED) is 0.574. The second kappa shape index (κ2) is 7.34. The van der Waals surface area contributed by atoms with Crippen LogP contribution in [-0.4, -0.2) is 11.9 Å². The predicted octanol–water partition coefficient (Wildman–Crippen LogP) is 5.11. The van der Waals surface area contributed by atoms with Crippen LogP contribution in [0.15, 0.2) is 60.7 Å². The van der Waals surface area contributed by atoms with Gasteiger partial charge in [-0.15, -0.1) is 0 Å². The Balaban J connectivity index is 1.76. The van der Waals surface area contributed by atoms with Crippen LogP contribution in [0.2, 0.25) is 0 Å². The number of halogens is 1. The second-order valence-corrected chi connectivity index (χ2v) is 7.42. The van der Waals surface area contributed by atoms with Crippen LogP contribution in [0.25, 0.3) is 10.8 Å². The Morgan fingerprint density at radius 2 is 1.83 bits per heavy atom. The number of rotatable bonds is 4. The number of fused-ring (bicyclic) bond motifs is 1. The lowest BCUT2D eigenvalue weighted by Gasteiger charge is -2.16. The number of carbonyl (C=O) groups is 1. The van der Waals surface area contributed by atoms with Crippen molar-refractivity contribution in [1.29, 1.82) is 0 Å². The number of nitrogens with one attached hydrogen (secondary N) is 1. The minimum absolute atomic E-state index is 0.00115. The molecular formula is C21H20INO. The molecule has 0 aromatic heterocycles. The smallest absolute Gasteiger partial charge is 0.251 e. The summed E-state index contributed by atoms with van der Waals surface area (Å²) >= 11 is 2.24. The highest BCUT2D eigenvalue weighted by Crippen LogP contribution is 2.20. The van der Waals surface area contributed by atoms with Gasteiger partial charge in [-0.25, -0.2) is 0 Å². The van der Waals surface area contributed by atoms with Crippen LogP contribution in [0.5, 0.6) is 0 Å². The fourth-order valence-electron chi connectivity index (χ4n) is 2.99. The van der Waals surface area contributed by atoms with Crippen molar-refractivity contribution in [2.24, 2.45) is 0 Å². The van der Waals surface area contributed by atoms with Gasteiger partial charge in [0.05, 0.1) is 0 Å². The molecule has 122 valence electrons. The van der Waals surface area contributed by atoms with E-state index in [0.29, 0.717) is 0 Å². The Kier molecular flexibility index (Phi) is 5.19. The molecule has 3 rings (SSSR count). The average molecular weight is 429 g/mol. The average Bonchev–Trinajstić information content (AvgIpc) is 2.57. The van der Waals surface area contributed by atoms with Crippen molar-refractivity contribution >= 4 is 39.3 Å². The second-order valence-electron chi connectivity index (χ2n) is 6.18. The first kappa shape index (κ1) is 17.0. The summed E-state index contributed by atoms with van der Waals surface area (Å²) in [6.45, 7) is 4.03. The van der Waals surface area contributed by atoms with Gasteiger partial charge in [-0.3, -0.25) is 4.79 Å². The Morgan fingerprint density at radius 1 is 1.08 bits per heavy atom. The van der Waals surface area contributed by atoms with Gasteiger partial charge in [0.25, 0.3) is 5.91 Å². The highest BCUT2D eigenvalue weighted by atomic mass is 127. The van der Waals surface area contributed by atoms with E-state index in [4.69, 9.17) is 0 Å². The highest BCUT2D eigenvalue weighted by Gasteiger charge is 2.13. The Bertz CT molecular complexity index is 883. The minimum Gasteiger partial charge on any atom is -0.349 e. The molecule has 3 aromatic carbocycles. The van der Waals surface area contributed by atoms with Crippen LogP contribution in [0, 0.1) is 10.5 Å². The van der Waals surface area contributed by atoms with E-state index in [0.717, 1.165) is 21.1 Å². The zero-order chi connectivity index (χ0) is 17.1. The van der Waals surface area contributed by atoms with Crippen LogP contribution < -0.4 is 5.32 Å². The molecule has 1 atom stereocenters. The third kappa shape index (κ3) is 3.78. The molecule has 0 saturated carbocycles. The molecule has 0 aliphatic carbocycles. The summed E-state index contributed by atoms with van der Waals surface area (Å²) in [5.41, 5.74) is 3.03. The summed E-state index contributed by atoms with van der Waals surface area (Å²) in [6, 6.07) is 20.7. The summed E-state index contributed by atoms with van der Waals surface area (Å²) < 4.78 is 1.07. The largest absolute Gasteiger partial charge is 0.349 e. The molecule has 2 nitrogen and oxygen atoms in total. The number of aryl methyl sites for hydroxylation is 1. The van der Waals surface area contributed by atoms with Crippen LogP contribution in [0.4, 0.5) is 0 Å². The SMILES string of the molecule is Cc1ccc(I)cc1C(=O)NC(C)Cc1cccc2ccccc12.